The lowest BCUT2D eigenvalue weighted by atomic mass is 10.2. The Hall–Kier alpha value is -2.56. The molecule has 5 heteroatoms. The molecule has 0 saturated carbocycles. The van der Waals surface area contributed by atoms with E-state index in [4.69, 9.17) is 4.74 Å². The van der Waals surface area contributed by atoms with Gasteiger partial charge in [-0.25, -0.2) is 0 Å². The summed E-state index contributed by atoms with van der Waals surface area (Å²) < 4.78 is 9.06. The monoisotopic (exact) mass is 310 g/mol. The molecule has 0 saturated heterocycles. The summed E-state index contributed by atoms with van der Waals surface area (Å²) >= 11 is 0. The molecule has 0 unspecified atom stereocenters. The van der Waals surface area contributed by atoms with E-state index in [2.05, 4.69) is 41.4 Å². The molecule has 0 amide bonds. The van der Waals surface area contributed by atoms with Gasteiger partial charge in [-0.1, -0.05) is 12.1 Å². The average molecular weight is 310 g/mol. The van der Waals surface area contributed by atoms with Gasteiger partial charge in [0.15, 0.2) is 0 Å². The number of hydrogen-bond donors (Lipinski definition) is 0. The Balaban J connectivity index is 1.58. The predicted octanol–water partition coefficient (Wildman–Crippen LogP) is 2.77. The Morgan fingerprint density at radius 3 is 2.39 bits per heavy atom. The maximum absolute atomic E-state index is 5.18. The van der Waals surface area contributed by atoms with Crippen molar-refractivity contribution in [1.82, 2.24) is 19.6 Å². The van der Waals surface area contributed by atoms with Crippen LogP contribution in [-0.2, 0) is 26.4 Å². The average Bonchev–Trinajstić information content (AvgIpc) is 3.13. The van der Waals surface area contributed by atoms with Crippen molar-refractivity contribution < 1.29 is 4.74 Å². The molecule has 0 radical (unpaired) electrons. The molecule has 0 aliphatic rings. The number of benzene rings is 1. The van der Waals surface area contributed by atoms with Gasteiger partial charge in [-0.05, 0) is 49.6 Å². The van der Waals surface area contributed by atoms with Crippen LogP contribution in [0.15, 0.2) is 42.6 Å². The van der Waals surface area contributed by atoms with Gasteiger partial charge in [-0.2, -0.15) is 10.2 Å². The maximum atomic E-state index is 5.18. The zero-order valence-electron chi connectivity index (χ0n) is 13.9. The van der Waals surface area contributed by atoms with Crippen LogP contribution in [0.25, 0.3) is 0 Å². The Kier molecular flexibility index (Phi) is 4.46. The van der Waals surface area contributed by atoms with Crippen molar-refractivity contribution in [3.8, 4) is 5.75 Å². The molecular weight excluding hydrogens is 288 g/mol. The molecule has 0 aliphatic carbocycles. The molecule has 0 spiro atoms. The highest BCUT2D eigenvalue weighted by molar-refractivity contribution is 5.27. The summed E-state index contributed by atoms with van der Waals surface area (Å²) in [5, 5.41) is 9.13. The molecule has 5 nitrogen and oxygen atoms in total. The van der Waals surface area contributed by atoms with Crippen LogP contribution in [-0.4, -0.2) is 26.7 Å². The largest absolute Gasteiger partial charge is 0.497 e. The van der Waals surface area contributed by atoms with E-state index in [-0.39, 0.29) is 0 Å². The van der Waals surface area contributed by atoms with Gasteiger partial charge in [0.2, 0.25) is 0 Å². The van der Waals surface area contributed by atoms with Gasteiger partial charge in [0.05, 0.1) is 25.0 Å². The fourth-order valence-electron chi connectivity index (χ4n) is 2.56. The third-order valence-electron chi connectivity index (χ3n) is 4.00. The minimum atomic E-state index is 0.771. The first kappa shape index (κ1) is 15.3. The second-order valence-corrected chi connectivity index (χ2v) is 5.75. The zero-order valence-corrected chi connectivity index (χ0v) is 13.9. The Morgan fingerprint density at radius 1 is 1.00 bits per heavy atom. The van der Waals surface area contributed by atoms with E-state index in [1.165, 1.54) is 11.3 Å². The van der Waals surface area contributed by atoms with Crippen molar-refractivity contribution in [3.63, 3.8) is 0 Å². The summed E-state index contributed by atoms with van der Waals surface area (Å²) in [4.78, 5) is 0. The lowest BCUT2D eigenvalue weighted by Crippen LogP contribution is -2.02. The molecule has 0 fully saturated rings. The molecule has 0 aliphatic heterocycles. The van der Waals surface area contributed by atoms with E-state index in [9.17, 15) is 0 Å². The molecule has 0 atom stereocenters. The van der Waals surface area contributed by atoms with Crippen LogP contribution >= 0.6 is 0 Å². The number of hydrogen-bond acceptors (Lipinski definition) is 3. The van der Waals surface area contributed by atoms with Crippen LogP contribution in [0.5, 0.6) is 5.75 Å². The summed E-state index contributed by atoms with van der Waals surface area (Å²) in [5.41, 5.74) is 4.61. The number of methoxy groups -OCH3 is 1. The topological polar surface area (TPSA) is 44.9 Å². The Bertz CT molecular complexity index is 751. The molecule has 1 aromatic carbocycles. The summed E-state index contributed by atoms with van der Waals surface area (Å²) in [6.45, 7) is 2.84. The van der Waals surface area contributed by atoms with Gasteiger partial charge in [-0.15, -0.1) is 0 Å². The van der Waals surface area contributed by atoms with Crippen molar-refractivity contribution in [3.05, 3.63) is 65.2 Å². The zero-order chi connectivity index (χ0) is 16.2. The van der Waals surface area contributed by atoms with Crippen molar-refractivity contribution in [1.29, 1.82) is 0 Å². The SMILES string of the molecule is COc1ccc(Cn2ccc(CCc3cc(C)n(C)n3)n2)cc1. The highest BCUT2D eigenvalue weighted by Crippen LogP contribution is 2.12. The minimum Gasteiger partial charge on any atom is -0.497 e. The van der Waals surface area contributed by atoms with E-state index in [0.29, 0.717) is 0 Å². The summed E-state index contributed by atoms with van der Waals surface area (Å²) in [6.07, 6.45) is 3.86. The van der Waals surface area contributed by atoms with E-state index >= 15 is 0 Å². The standard InChI is InChI=1S/C18H22N4O/c1-14-12-17(19-21(14)2)7-6-16-10-11-22(20-16)13-15-4-8-18(23-3)9-5-15/h4-5,8-12H,6-7,13H2,1-3H3. The van der Waals surface area contributed by atoms with Crippen LogP contribution in [0, 0.1) is 6.92 Å². The lowest BCUT2D eigenvalue weighted by molar-refractivity contribution is 0.414. The van der Waals surface area contributed by atoms with Gasteiger partial charge in [0.1, 0.15) is 5.75 Å². The third kappa shape index (κ3) is 3.80. The van der Waals surface area contributed by atoms with Crippen molar-refractivity contribution in [2.75, 3.05) is 7.11 Å². The fraction of sp³-hybridized carbons (Fsp3) is 0.333. The number of ether oxygens (including phenoxy) is 1. The molecular formula is C18H22N4O. The van der Waals surface area contributed by atoms with Crippen LogP contribution < -0.4 is 4.74 Å². The Morgan fingerprint density at radius 2 is 1.74 bits per heavy atom. The first-order chi connectivity index (χ1) is 11.1. The van der Waals surface area contributed by atoms with Crippen molar-refractivity contribution >= 4 is 0 Å². The minimum absolute atomic E-state index is 0.771. The summed E-state index contributed by atoms with van der Waals surface area (Å²) in [7, 11) is 3.65. The van der Waals surface area contributed by atoms with Crippen molar-refractivity contribution in [2.24, 2.45) is 7.05 Å². The number of rotatable bonds is 6. The van der Waals surface area contributed by atoms with Gasteiger partial charge in [0, 0.05) is 18.9 Å². The molecule has 2 aromatic heterocycles. The normalized spacial score (nSPS) is 10.9. The molecule has 23 heavy (non-hydrogen) atoms. The number of nitrogens with zero attached hydrogens (tertiary/aromatic N) is 4. The summed E-state index contributed by atoms with van der Waals surface area (Å²) in [6, 6.07) is 12.3. The predicted molar refractivity (Wildman–Crippen MR) is 89.7 cm³/mol. The molecule has 120 valence electrons. The highest BCUT2D eigenvalue weighted by Gasteiger charge is 2.05. The Labute approximate surface area is 136 Å². The van der Waals surface area contributed by atoms with Gasteiger partial charge in [0.25, 0.3) is 0 Å². The van der Waals surface area contributed by atoms with Gasteiger partial charge >= 0.3 is 0 Å². The van der Waals surface area contributed by atoms with E-state index in [1.807, 2.05) is 34.7 Å². The highest BCUT2D eigenvalue weighted by atomic mass is 16.5. The first-order valence-corrected chi connectivity index (χ1v) is 7.79. The maximum Gasteiger partial charge on any atom is 0.118 e. The third-order valence-corrected chi connectivity index (χ3v) is 4.00. The van der Waals surface area contributed by atoms with E-state index < -0.39 is 0 Å². The summed E-state index contributed by atoms with van der Waals surface area (Å²) in [5.74, 6) is 0.876. The smallest absolute Gasteiger partial charge is 0.118 e. The first-order valence-electron chi connectivity index (χ1n) is 7.79. The lowest BCUT2D eigenvalue weighted by Gasteiger charge is -2.04. The number of aryl methyl sites for hydroxylation is 4. The van der Waals surface area contributed by atoms with Crippen LogP contribution in [0.2, 0.25) is 0 Å². The molecule has 2 heterocycles. The van der Waals surface area contributed by atoms with Crippen LogP contribution in [0.3, 0.4) is 0 Å². The number of aromatic nitrogens is 4. The second kappa shape index (κ2) is 6.69. The quantitative estimate of drug-likeness (QED) is 0.703. The molecule has 0 bridgehead atoms. The van der Waals surface area contributed by atoms with Crippen LogP contribution in [0.1, 0.15) is 22.6 Å². The second-order valence-electron chi connectivity index (χ2n) is 5.75. The van der Waals surface area contributed by atoms with Gasteiger partial charge in [-0.3, -0.25) is 9.36 Å². The molecule has 0 N–H and O–H groups in total. The van der Waals surface area contributed by atoms with Crippen molar-refractivity contribution in [2.45, 2.75) is 26.3 Å². The fourth-order valence-corrected chi connectivity index (χ4v) is 2.56. The molecule has 3 aromatic rings. The van der Waals surface area contributed by atoms with E-state index in [0.717, 1.165) is 36.5 Å². The van der Waals surface area contributed by atoms with E-state index in [1.54, 1.807) is 7.11 Å². The van der Waals surface area contributed by atoms with Crippen LogP contribution in [0.4, 0.5) is 0 Å². The van der Waals surface area contributed by atoms with Gasteiger partial charge < -0.3 is 4.74 Å². The molecule has 3 rings (SSSR count).